The standard InChI is InChI=1S/C17H27NO2/c1-13(2)11-18-12-14-7-3-5-9-16(14)20-17-10-6-4-8-15(17)19/h3,5,7,9,13,15,17-19H,4,6,8,10-12H2,1-2H3. The van der Waals surface area contributed by atoms with Crippen molar-refractivity contribution < 1.29 is 9.84 Å². The Morgan fingerprint density at radius 2 is 2.00 bits per heavy atom. The highest BCUT2D eigenvalue weighted by molar-refractivity contribution is 5.33. The second kappa shape index (κ2) is 7.65. The highest BCUT2D eigenvalue weighted by atomic mass is 16.5. The van der Waals surface area contributed by atoms with Crippen LogP contribution in [0, 0.1) is 5.92 Å². The first-order chi connectivity index (χ1) is 9.66. The summed E-state index contributed by atoms with van der Waals surface area (Å²) in [7, 11) is 0. The van der Waals surface area contributed by atoms with Gasteiger partial charge in [0, 0.05) is 12.1 Å². The Hall–Kier alpha value is -1.06. The van der Waals surface area contributed by atoms with Gasteiger partial charge >= 0.3 is 0 Å². The number of hydrogen-bond donors (Lipinski definition) is 2. The van der Waals surface area contributed by atoms with E-state index < -0.39 is 0 Å². The van der Waals surface area contributed by atoms with E-state index in [9.17, 15) is 5.11 Å². The fourth-order valence-electron chi connectivity index (χ4n) is 2.64. The Bertz CT molecular complexity index is 406. The Labute approximate surface area is 122 Å². The van der Waals surface area contributed by atoms with Crippen LogP contribution in [-0.2, 0) is 6.54 Å². The molecule has 0 bridgehead atoms. The van der Waals surface area contributed by atoms with Gasteiger partial charge in [-0.2, -0.15) is 0 Å². The van der Waals surface area contributed by atoms with E-state index in [1.807, 2.05) is 18.2 Å². The summed E-state index contributed by atoms with van der Waals surface area (Å²) in [6.45, 7) is 6.22. The van der Waals surface area contributed by atoms with E-state index in [2.05, 4.69) is 25.2 Å². The SMILES string of the molecule is CC(C)CNCc1ccccc1OC1CCCCC1O. The maximum absolute atomic E-state index is 10.0. The first-order valence-electron chi connectivity index (χ1n) is 7.80. The quantitative estimate of drug-likeness (QED) is 0.839. The van der Waals surface area contributed by atoms with E-state index in [1.165, 1.54) is 5.56 Å². The van der Waals surface area contributed by atoms with Crippen LogP contribution in [0.4, 0.5) is 0 Å². The Kier molecular flexibility index (Phi) is 5.86. The van der Waals surface area contributed by atoms with Crippen molar-refractivity contribution in [2.24, 2.45) is 5.92 Å². The van der Waals surface area contributed by atoms with E-state index in [0.29, 0.717) is 5.92 Å². The van der Waals surface area contributed by atoms with Crippen LogP contribution in [0.15, 0.2) is 24.3 Å². The van der Waals surface area contributed by atoms with E-state index in [1.54, 1.807) is 0 Å². The zero-order valence-corrected chi connectivity index (χ0v) is 12.6. The Morgan fingerprint density at radius 3 is 2.75 bits per heavy atom. The average molecular weight is 277 g/mol. The van der Waals surface area contributed by atoms with Crippen LogP contribution in [0.5, 0.6) is 5.75 Å². The lowest BCUT2D eigenvalue weighted by atomic mass is 9.95. The smallest absolute Gasteiger partial charge is 0.124 e. The number of benzene rings is 1. The molecule has 1 aliphatic carbocycles. The molecule has 0 spiro atoms. The van der Waals surface area contributed by atoms with Gasteiger partial charge in [0.2, 0.25) is 0 Å². The van der Waals surface area contributed by atoms with Crippen molar-refractivity contribution in [3.63, 3.8) is 0 Å². The fourth-order valence-corrected chi connectivity index (χ4v) is 2.64. The average Bonchev–Trinajstić information content (AvgIpc) is 2.43. The Balaban J connectivity index is 1.96. The minimum Gasteiger partial charge on any atom is -0.487 e. The summed E-state index contributed by atoms with van der Waals surface area (Å²) in [6, 6.07) is 8.14. The molecule has 2 rings (SSSR count). The monoisotopic (exact) mass is 277 g/mol. The number of rotatable bonds is 6. The third-order valence-corrected chi connectivity index (χ3v) is 3.79. The summed E-state index contributed by atoms with van der Waals surface area (Å²) in [4.78, 5) is 0. The van der Waals surface area contributed by atoms with Crippen LogP contribution in [0.25, 0.3) is 0 Å². The van der Waals surface area contributed by atoms with Crippen molar-refractivity contribution in [3.8, 4) is 5.75 Å². The molecule has 0 aromatic heterocycles. The maximum atomic E-state index is 10.0. The lowest BCUT2D eigenvalue weighted by Crippen LogP contribution is -2.35. The molecule has 2 N–H and O–H groups in total. The van der Waals surface area contributed by atoms with Crippen molar-refractivity contribution in [1.82, 2.24) is 5.32 Å². The second-order valence-electron chi connectivity index (χ2n) is 6.14. The summed E-state index contributed by atoms with van der Waals surface area (Å²) >= 11 is 0. The molecule has 1 saturated carbocycles. The van der Waals surface area contributed by atoms with Crippen LogP contribution in [0.3, 0.4) is 0 Å². The highest BCUT2D eigenvalue weighted by Crippen LogP contribution is 2.26. The zero-order chi connectivity index (χ0) is 14.4. The topological polar surface area (TPSA) is 41.5 Å². The third-order valence-electron chi connectivity index (χ3n) is 3.79. The molecular weight excluding hydrogens is 250 g/mol. The van der Waals surface area contributed by atoms with Crippen LogP contribution in [0.2, 0.25) is 0 Å². The van der Waals surface area contributed by atoms with Crippen LogP contribution < -0.4 is 10.1 Å². The van der Waals surface area contributed by atoms with Crippen molar-refractivity contribution >= 4 is 0 Å². The number of aliphatic hydroxyl groups excluding tert-OH is 1. The molecule has 0 radical (unpaired) electrons. The zero-order valence-electron chi connectivity index (χ0n) is 12.6. The van der Waals surface area contributed by atoms with Gasteiger partial charge < -0.3 is 15.2 Å². The Morgan fingerprint density at radius 1 is 1.25 bits per heavy atom. The van der Waals surface area contributed by atoms with Crippen LogP contribution in [-0.4, -0.2) is 23.9 Å². The van der Waals surface area contributed by atoms with Crippen molar-refractivity contribution in [1.29, 1.82) is 0 Å². The number of nitrogens with one attached hydrogen (secondary N) is 1. The van der Waals surface area contributed by atoms with Crippen LogP contribution in [0.1, 0.15) is 45.1 Å². The van der Waals surface area contributed by atoms with E-state index in [-0.39, 0.29) is 12.2 Å². The minimum atomic E-state index is -0.319. The molecule has 0 heterocycles. The molecule has 3 nitrogen and oxygen atoms in total. The second-order valence-corrected chi connectivity index (χ2v) is 6.14. The largest absolute Gasteiger partial charge is 0.487 e. The maximum Gasteiger partial charge on any atom is 0.124 e. The lowest BCUT2D eigenvalue weighted by molar-refractivity contribution is 0.00635. The molecule has 2 unspecified atom stereocenters. The number of para-hydroxylation sites is 1. The number of ether oxygens (including phenoxy) is 1. The molecule has 20 heavy (non-hydrogen) atoms. The molecule has 0 saturated heterocycles. The van der Waals surface area contributed by atoms with Crippen molar-refractivity contribution in [2.45, 2.75) is 58.3 Å². The van der Waals surface area contributed by atoms with Gasteiger partial charge in [0.1, 0.15) is 11.9 Å². The molecule has 0 amide bonds. The van der Waals surface area contributed by atoms with E-state index in [4.69, 9.17) is 4.74 Å². The highest BCUT2D eigenvalue weighted by Gasteiger charge is 2.25. The van der Waals surface area contributed by atoms with Crippen LogP contribution >= 0.6 is 0 Å². The first-order valence-corrected chi connectivity index (χ1v) is 7.80. The normalized spacial score (nSPS) is 23.0. The summed E-state index contributed by atoms with van der Waals surface area (Å²) in [5, 5.41) is 13.5. The molecule has 3 heteroatoms. The van der Waals surface area contributed by atoms with Gasteiger partial charge in [0.25, 0.3) is 0 Å². The number of hydrogen-bond acceptors (Lipinski definition) is 3. The molecule has 1 fully saturated rings. The fraction of sp³-hybridized carbons (Fsp3) is 0.647. The molecule has 0 aliphatic heterocycles. The molecule has 1 aromatic carbocycles. The van der Waals surface area contributed by atoms with Gasteiger partial charge in [-0.25, -0.2) is 0 Å². The summed E-state index contributed by atoms with van der Waals surface area (Å²) in [6.07, 6.45) is 3.71. The predicted molar refractivity (Wildman–Crippen MR) is 81.9 cm³/mol. The number of aliphatic hydroxyl groups is 1. The summed E-state index contributed by atoms with van der Waals surface area (Å²) < 4.78 is 6.07. The lowest BCUT2D eigenvalue weighted by Gasteiger charge is -2.29. The van der Waals surface area contributed by atoms with Crippen molar-refractivity contribution in [3.05, 3.63) is 29.8 Å². The van der Waals surface area contributed by atoms with Gasteiger partial charge in [-0.1, -0.05) is 38.5 Å². The van der Waals surface area contributed by atoms with Gasteiger partial charge in [-0.3, -0.25) is 0 Å². The van der Waals surface area contributed by atoms with Gasteiger partial charge in [-0.05, 0) is 37.8 Å². The van der Waals surface area contributed by atoms with E-state index in [0.717, 1.165) is 44.5 Å². The van der Waals surface area contributed by atoms with Gasteiger partial charge in [0.15, 0.2) is 0 Å². The first kappa shape index (κ1) is 15.3. The summed E-state index contributed by atoms with van der Waals surface area (Å²) in [5.74, 6) is 1.55. The molecule has 2 atom stereocenters. The van der Waals surface area contributed by atoms with Gasteiger partial charge in [0.05, 0.1) is 6.10 Å². The van der Waals surface area contributed by atoms with Crippen molar-refractivity contribution in [2.75, 3.05) is 6.54 Å². The molecular formula is C17H27NO2. The molecule has 1 aromatic rings. The summed E-state index contributed by atoms with van der Waals surface area (Å²) in [5.41, 5.74) is 1.17. The third kappa shape index (κ3) is 4.50. The minimum absolute atomic E-state index is 0.0463. The van der Waals surface area contributed by atoms with Gasteiger partial charge in [-0.15, -0.1) is 0 Å². The predicted octanol–water partition coefficient (Wildman–Crippen LogP) is 3.11. The van der Waals surface area contributed by atoms with E-state index >= 15 is 0 Å². The molecule has 112 valence electrons. The molecule has 1 aliphatic rings.